The molecule has 1 aromatic rings. The number of piperazine rings is 1. The van der Waals surface area contributed by atoms with Gasteiger partial charge >= 0.3 is 0 Å². The lowest BCUT2D eigenvalue weighted by molar-refractivity contribution is -0.132. The molecule has 1 amide bonds. The maximum Gasteiger partial charge on any atom is 0.236 e. The van der Waals surface area contributed by atoms with Gasteiger partial charge in [0.05, 0.1) is 6.54 Å². The van der Waals surface area contributed by atoms with Crippen molar-refractivity contribution < 1.29 is 4.79 Å². The van der Waals surface area contributed by atoms with Crippen LogP contribution in [0.2, 0.25) is 5.02 Å². The van der Waals surface area contributed by atoms with E-state index in [0.29, 0.717) is 6.54 Å². The molecule has 5 heteroatoms. The molecule has 0 aromatic heterocycles. The Bertz CT molecular complexity index is 493. The molecule has 3 rings (SSSR count). The summed E-state index contributed by atoms with van der Waals surface area (Å²) in [5.41, 5.74) is 1.27. The highest BCUT2D eigenvalue weighted by atomic mass is 35.5. The molecule has 0 atom stereocenters. The number of carbonyl (C=O) groups is 1. The van der Waals surface area contributed by atoms with Crippen LogP contribution in [0.5, 0.6) is 0 Å². The van der Waals surface area contributed by atoms with E-state index in [9.17, 15) is 4.79 Å². The van der Waals surface area contributed by atoms with E-state index in [0.717, 1.165) is 50.2 Å². The summed E-state index contributed by atoms with van der Waals surface area (Å²) in [6.45, 7) is 5.97. The number of nitrogens with zero attached hydrogens (tertiary/aromatic N) is 2. The highest BCUT2D eigenvalue weighted by molar-refractivity contribution is 6.30. The average Bonchev–Trinajstić information content (AvgIpc) is 3.34. The molecule has 1 aromatic carbocycles. The molecule has 2 fully saturated rings. The average molecular weight is 322 g/mol. The number of hydrogen-bond donors (Lipinski definition) is 1. The van der Waals surface area contributed by atoms with Gasteiger partial charge in [0.15, 0.2) is 0 Å². The van der Waals surface area contributed by atoms with Crippen LogP contribution < -0.4 is 5.32 Å². The molecule has 1 aliphatic carbocycles. The lowest BCUT2D eigenvalue weighted by Gasteiger charge is -2.34. The van der Waals surface area contributed by atoms with Crippen LogP contribution in [0.25, 0.3) is 0 Å². The molecule has 2 aliphatic rings. The number of rotatable bonds is 6. The van der Waals surface area contributed by atoms with Crippen LogP contribution in [0.3, 0.4) is 0 Å². The number of carbonyl (C=O) groups excluding carboxylic acids is 1. The molecule has 0 spiro atoms. The van der Waals surface area contributed by atoms with Crippen LogP contribution in [-0.4, -0.2) is 55.0 Å². The van der Waals surface area contributed by atoms with Gasteiger partial charge in [0.2, 0.25) is 5.91 Å². The fourth-order valence-corrected chi connectivity index (χ4v) is 2.95. The number of halogens is 1. The third kappa shape index (κ3) is 4.70. The second-order valence-corrected chi connectivity index (χ2v) is 6.79. The Morgan fingerprint density at radius 1 is 1.14 bits per heavy atom. The highest BCUT2D eigenvalue weighted by Crippen LogP contribution is 2.27. The molecule has 1 N–H and O–H groups in total. The van der Waals surface area contributed by atoms with E-state index in [1.165, 1.54) is 18.4 Å². The van der Waals surface area contributed by atoms with E-state index in [2.05, 4.69) is 22.3 Å². The predicted molar refractivity (Wildman–Crippen MR) is 88.9 cm³/mol. The summed E-state index contributed by atoms with van der Waals surface area (Å²) in [6.07, 6.45) is 2.65. The van der Waals surface area contributed by atoms with Crippen LogP contribution in [-0.2, 0) is 11.3 Å². The third-order valence-electron chi connectivity index (χ3n) is 4.45. The molecule has 0 radical (unpaired) electrons. The van der Waals surface area contributed by atoms with Gasteiger partial charge in [0, 0.05) is 37.7 Å². The molecule has 1 saturated carbocycles. The second kappa shape index (κ2) is 7.44. The zero-order chi connectivity index (χ0) is 15.4. The predicted octanol–water partition coefficient (Wildman–Crippen LogP) is 1.98. The SMILES string of the molecule is O=C(CNCC1CC1)N1CCN(Cc2ccc(Cl)cc2)CC1. The molecule has 1 saturated heterocycles. The van der Waals surface area contributed by atoms with Gasteiger partial charge in [-0.15, -0.1) is 0 Å². The molecule has 1 aliphatic heterocycles. The number of nitrogens with one attached hydrogen (secondary N) is 1. The van der Waals surface area contributed by atoms with E-state index in [1.54, 1.807) is 0 Å². The van der Waals surface area contributed by atoms with Gasteiger partial charge in [-0.25, -0.2) is 0 Å². The van der Waals surface area contributed by atoms with Crippen molar-refractivity contribution in [1.29, 1.82) is 0 Å². The van der Waals surface area contributed by atoms with Crippen LogP contribution in [0.1, 0.15) is 18.4 Å². The van der Waals surface area contributed by atoms with Crippen molar-refractivity contribution in [2.24, 2.45) is 5.92 Å². The van der Waals surface area contributed by atoms with Crippen LogP contribution >= 0.6 is 11.6 Å². The van der Waals surface area contributed by atoms with Crippen molar-refractivity contribution in [3.05, 3.63) is 34.9 Å². The summed E-state index contributed by atoms with van der Waals surface area (Å²) < 4.78 is 0. The normalized spacial score (nSPS) is 19.4. The van der Waals surface area contributed by atoms with E-state index in [-0.39, 0.29) is 5.91 Å². The van der Waals surface area contributed by atoms with Gasteiger partial charge in [0.25, 0.3) is 0 Å². The van der Waals surface area contributed by atoms with Gasteiger partial charge in [-0.05, 0) is 43.0 Å². The molecule has 22 heavy (non-hydrogen) atoms. The summed E-state index contributed by atoms with van der Waals surface area (Å²) in [5.74, 6) is 1.07. The first-order chi connectivity index (χ1) is 10.7. The van der Waals surface area contributed by atoms with Crippen molar-refractivity contribution in [3.63, 3.8) is 0 Å². The summed E-state index contributed by atoms with van der Waals surface area (Å²) in [5, 5.41) is 4.06. The van der Waals surface area contributed by atoms with Gasteiger partial charge in [-0.3, -0.25) is 9.69 Å². The molecule has 0 bridgehead atoms. The van der Waals surface area contributed by atoms with E-state index in [4.69, 9.17) is 11.6 Å². The van der Waals surface area contributed by atoms with Gasteiger partial charge in [-0.2, -0.15) is 0 Å². The first kappa shape index (κ1) is 15.8. The Hall–Kier alpha value is -1.10. The zero-order valence-corrected chi connectivity index (χ0v) is 13.7. The summed E-state index contributed by atoms with van der Waals surface area (Å²) in [4.78, 5) is 16.5. The van der Waals surface area contributed by atoms with Crippen molar-refractivity contribution in [2.75, 3.05) is 39.3 Å². The summed E-state index contributed by atoms with van der Waals surface area (Å²) >= 11 is 5.91. The number of amides is 1. The topological polar surface area (TPSA) is 35.6 Å². The first-order valence-electron chi connectivity index (χ1n) is 8.16. The van der Waals surface area contributed by atoms with E-state index < -0.39 is 0 Å². The van der Waals surface area contributed by atoms with Crippen molar-refractivity contribution in [1.82, 2.24) is 15.1 Å². The molecule has 120 valence electrons. The smallest absolute Gasteiger partial charge is 0.236 e. The fraction of sp³-hybridized carbons (Fsp3) is 0.588. The zero-order valence-electron chi connectivity index (χ0n) is 12.9. The lowest BCUT2D eigenvalue weighted by atomic mass is 10.2. The second-order valence-electron chi connectivity index (χ2n) is 6.36. The quantitative estimate of drug-likeness (QED) is 0.870. The molecule has 0 unspecified atom stereocenters. The minimum Gasteiger partial charge on any atom is -0.339 e. The maximum atomic E-state index is 12.1. The summed E-state index contributed by atoms with van der Waals surface area (Å²) in [6, 6.07) is 8.01. The molecule has 4 nitrogen and oxygen atoms in total. The molecule has 1 heterocycles. The maximum absolute atomic E-state index is 12.1. The van der Waals surface area contributed by atoms with Crippen LogP contribution in [0.15, 0.2) is 24.3 Å². The third-order valence-corrected chi connectivity index (χ3v) is 4.70. The Labute approximate surface area is 137 Å². The first-order valence-corrected chi connectivity index (χ1v) is 8.54. The number of benzene rings is 1. The monoisotopic (exact) mass is 321 g/mol. The number of hydrogen-bond acceptors (Lipinski definition) is 3. The van der Waals surface area contributed by atoms with Gasteiger partial charge in [0.1, 0.15) is 0 Å². The van der Waals surface area contributed by atoms with Crippen molar-refractivity contribution in [3.8, 4) is 0 Å². The standard InChI is InChI=1S/C17H24ClN3O/c18-16-5-3-15(4-6-16)13-20-7-9-21(10-8-20)17(22)12-19-11-14-1-2-14/h3-6,14,19H,1-2,7-13H2. The summed E-state index contributed by atoms with van der Waals surface area (Å²) in [7, 11) is 0. The molecular formula is C17H24ClN3O. The van der Waals surface area contributed by atoms with Gasteiger partial charge < -0.3 is 10.2 Å². The minimum absolute atomic E-state index is 0.242. The minimum atomic E-state index is 0.242. The Morgan fingerprint density at radius 3 is 2.45 bits per heavy atom. The van der Waals surface area contributed by atoms with Crippen LogP contribution in [0.4, 0.5) is 0 Å². The largest absolute Gasteiger partial charge is 0.339 e. The van der Waals surface area contributed by atoms with Crippen molar-refractivity contribution >= 4 is 17.5 Å². The van der Waals surface area contributed by atoms with E-state index >= 15 is 0 Å². The fourth-order valence-electron chi connectivity index (χ4n) is 2.82. The molecular weight excluding hydrogens is 298 g/mol. The van der Waals surface area contributed by atoms with Gasteiger partial charge in [-0.1, -0.05) is 23.7 Å². The lowest BCUT2D eigenvalue weighted by Crippen LogP contribution is -2.50. The Kier molecular flexibility index (Phi) is 5.34. The van der Waals surface area contributed by atoms with E-state index in [1.807, 2.05) is 17.0 Å². The van der Waals surface area contributed by atoms with Crippen LogP contribution in [0, 0.1) is 5.92 Å². The highest BCUT2D eigenvalue weighted by Gasteiger charge is 2.23. The van der Waals surface area contributed by atoms with Crippen molar-refractivity contribution in [2.45, 2.75) is 19.4 Å². The Morgan fingerprint density at radius 2 is 1.82 bits per heavy atom. The Balaban J connectivity index is 1.37.